The van der Waals surface area contributed by atoms with Gasteiger partial charge < -0.3 is 4.74 Å². The van der Waals surface area contributed by atoms with Gasteiger partial charge in [0.25, 0.3) is 10.0 Å². The smallest absolute Gasteiger partial charge is 0.354 e. The zero-order valence-electron chi connectivity index (χ0n) is 9.34. The number of benzene rings is 1. The van der Waals surface area contributed by atoms with Crippen LogP contribution in [0.3, 0.4) is 0 Å². The van der Waals surface area contributed by atoms with Gasteiger partial charge in [-0.05, 0) is 19.1 Å². The van der Waals surface area contributed by atoms with Crippen molar-refractivity contribution in [1.82, 2.24) is 4.72 Å². The summed E-state index contributed by atoms with van der Waals surface area (Å²) in [6.07, 6.45) is 0. The van der Waals surface area contributed by atoms with Crippen LogP contribution < -0.4 is 4.72 Å². The van der Waals surface area contributed by atoms with Crippen LogP contribution in [0.2, 0.25) is 0 Å². The van der Waals surface area contributed by atoms with Gasteiger partial charge in [0.1, 0.15) is 5.70 Å². The number of sulfonamides is 1. The molecule has 17 heavy (non-hydrogen) atoms. The minimum Gasteiger partial charge on any atom is -0.461 e. The largest absolute Gasteiger partial charge is 0.461 e. The molecule has 0 aromatic heterocycles. The van der Waals surface area contributed by atoms with Crippen molar-refractivity contribution in [3.63, 3.8) is 0 Å². The molecule has 1 rings (SSSR count). The third-order valence-corrected chi connectivity index (χ3v) is 3.24. The molecule has 0 unspecified atom stereocenters. The van der Waals surface area contributed by atoms with E-state index in [1.807, 2.05) is 0 Å². The molecule has 0 amide bonds. The van der Waals surface area contributed by atoms with Gasteiger partial charge >= 0.3 is 5.97 Å². The molecule has 6 heteroatoms. The lowest BCUT2D eigenvalue weighted by molar-refractivity contribution is -0.138. The average Bonchev–Trinajstić information content (AvgIpc) is 2.30. The third kappa shape index (κ3) is 3.60. The van der Waals surface area contributed by atoms with Crippen molar-refractivity contribution in [3.8, 4) is 0 Å². The molecule has 0 aliphatic heterocycles. The average molecular weight is 255 g/mol. The SMILES string of the molecule is C=C(NS(=O)(=O)c1ccccc1)C(=O)OCC. The van der Waals surface area contributed by atoms with Gasteiger partial charge in [0.05, 0.1) is 11.5 Å². The fourth-order valence-electron chi connectivity index (χ4n) is 1.08. The second kappa shape index (κ2) is 5.49. The van der Waals surface area contributed by atoms with Gasteiger partial charge in [-0.15, -0.1) is 0 Å². The van der Waals surface area contributed by atoms with E-state index in [1.54, 1.807) is 25.1 Å². The van der Waals surface area contributed by atoms with Crippen molar-refractivity contribution in [2.24, 2.45) is 0 Å². The monoisotopic (exact) mass is 255 g/mol. The maximum atomic E-state index is 11.8. The molecule has 1 N–H and O–H groups in total. The van der Waals surface area contributed by atoms with Crippen LogP contribution in [0.25, 0.3) is 0 Å². The van der Waals surface area contributed by atoms with Crippen molar-refractivity contribution in [2.45, 2.75) is 11.8 Å². The fourth-order valence-corrected chi connectivity index (χ4v) is 2.12. The van der Waals surface area contributed by atoms with Gasteiger partial charge in [-0.1, -0.05) is 24.8 Å². The summed E-state index contributed by atoms with van der Waals surface area (Å²) < 4.78 is 30.2. The summed E-state index contributed by atoms with van der Waals surface area (Å²) in [5.74, 6) is -0.785. The van der Waals surface area contributed by atoms with E-state index in [2.05, 4.69) is 16.0 Å². The van der Waals surface area contributed by atoms with Gasteiger partial charge in [-0.3, -0.25) is 4.72 Å². The Hall–Kier alpha value is -1.82. The molecule has 0 saturated carbocycles. The summed E-state index contributed by atoms with van der Waals surface area (Å²) in [5, 5.41) is 0. The first-order chi connectivity index (χ1) is 7.97. The van der Waals surface area contributed by atoms with Crippen LogP contribution in [-0.2, 0) is 19.6 Å². The number of rotatable bonds is 5. The number of hydrogen-bond acceptors (Lipinski definition) is 4. The fraction of sp³-hybridized carbons (Fsp3) is 0.182. The number of hydrogen-bond donors (Lipinski definition) is 1. The highest BCUT2D eigenvalue weighted by Gasteiger charge is 2.18. The molecule has 0 fully saturated rings. The van der Waals surface area contributed by atoms with Crippen LogP contribution in [0, 0.1) is 0 Å². The van der Waals surface area contributed by atoms with Crippen molar-refractivity contribution in [3.05, 3.63) is 42.6 Å². The first kappa shape index (κ1) is 13.2. The Balaban J connectivity index is 2.82. The van der Waals surface area contributed by atoms with E-state index < -0.39 is 16.0 Å². The van der Waals surface area contributed by atoms with Crippen LogP contribution in [0.1, 0.15) is 6.92 Å². The lowest BCUT2D eigenvalue weighted by Gasteiger charge is -2.09. The Kier molecular flexibility index (Phi) is 4.28. The molecule has 0 saturated heterocycles. The summed E-state index contributed by atoms with van der Waals surface area (Å²) in [6.45, 7) is 5.10. The van der Waals surface area contributed by atoms with Gasteiger partial charge in [0.2, 0.25) is 0 Å². The van der Waals surface area contributed by atoms with E-state index in [9.17, 15) is 13.2 Å². The number of esters is 1. The van der Waals surface area contributed by atoms with Crippen LogP contribution in [0.5, 0.6) is 0 Å². The van der Waals surface area contributed by atoms with Crippen LogP contribution >= 0.6 is 0 Å². The zero-order valence-corrected chi connectivity index (χ0v) is 10.2. The normalized spacial score (nSPS) is 10.6. The van der Waals surface area contributed by atoms with Crippen molar-refractivity contribution >= 4 is 16.0 Å². The van der Waals surface area contributed by atoms with E-state index in [4.69, 9.17) is 0 Å². The molecule has 92 valence electrons. The summed E-state index contributed by atoms with van der Waals surface area (Å²) in [6, 6.07) is 7.70. The topological polar surface area (TPSA) is 72.5 Å². The molecule has 5 nitrogen and oxygen atoms in total. The molecule has 0 atom stereocenters. The predicted molar refractivity (Wildman–Crippen MR) is 62.5 cm³/mol. The molecule has 0 spiro atoms. The Bertz CT molecular complexity index is 508. The quantitative estimate of drug-likeness (QED) is 0.630. The minimum atomic E-state index is -3.77. The summed E-state index contributed by atoms with van der Waals surface area (Å²) in [5.41, 5.74) is -0.310. The molecular weight excluding hydrogens is 242 g/mol. The Morgan fingerprint density at radius 3 is 2.47 bits per heavy atom. The maximum absolute atomic E-state index is 11.8. The van der Waals surface area contributed by atoms with Crippen molar-refractivity contribution in [2.75, 3.05) is 6.61 Å². The molecule has 1 aromatic rings. The zero-order chi connectivity index (χ0) is 12.9. The van der Waals surface area contributed by atoms with Gasteiger partial charge in [-0.25, -0.2) is 13.2 Å². The lowest BCUT2D eigenvalue weighted by atomic mass is 10.4. The molecular formula is C11H13NO4S. The molecule has 0 aliphatic rings. The minimum absolute atomic E-state index is 0.0606. The number of carbonyl (C=O) groups is 1. The van der Waals surface area contributed by atoms with Crippen LogP contribution in [0.4, 0.5) is 0 Å². The van der Waals surface area contributed by atoms with E-state index in [0.717, 1.165) is 0 Å². The van der Waals surface area contributed by atoms with Crippen LogP contribution in [-0.4, -0.2) is 21.0 Å². The number of carbonyl (C=O) groups excluding carboxylic acids is 1. The maximum Gasteiger partial charge on any atom is 0.354 e. The number of nitrogens with one attached hydrogen (secondary N) is 1. The molecule has 0 bridgehead atoms. The third-order valence-electron chi connectivity index (χ3n) is 1.83. The first-order valence-corrected chi connectivity index (χ1v) is 6.39. The Morgan fingerprint density at radius 1 is 1.35 bits per heavy atom. The Labute approximate surface area is 100 Å². The Morgan fingerprint density at radius 2 is 1.94 bits per heavy atom. The molecule has 0 aliphatic carbocycles. The molecule has 0 heterocycles. The predicted octanol–water partition coefficient (Wildman–Crippen LogP) is 1.04. The second-order valence-corrected chi connectivity index (χ2v) is 4.80. The van der Waals surface area contributed by atoms with E-state index in [0.29, 0.717) is 0 Å². The summed E-state index contributed by atoms with van der Waals surface area (Å²) in [7, 11) is -3.77. The lowest BCUT2D eigenvalue weighted by Crippen LogP contribution is -2.28. The van der Waals surface area contributed by atoms with Gasteiger partial charge in [-0.2, -0.15) is 0 Å². The van der Waals surface area contributed by atoms with E-state index in [-0.39, 0.29) is 17.2 Å². The van der Waals surface area contributed by atoms with Gasteiger partial charge in [0.15, 0.2) is 0 Å². The van der Waals surface area contributed by atoms with E-state index in [1.165, 1.54) is 12.1 Å². The first-order valence-electron chi connectivity index (χ1n) is 4.91. The van der Waals surface area contributed by atoms with Crippen molar-refractivity contribution < 1.29 is 17.9 Å². The second-order valence-electron chi connectivity index (χ2n) is 3.12. The highest BCUT2D eigenvalue weighted by Crippen LogP contribution is 2.08. The molecule has 0 radical (unpaired) electrons. The highest BCUT2D eigenvalue weighted by atomic mass is 32.2. The summed E-state index contributed by atoms with van der Waals surface area (Å²) >= 11 is 0. The summed E-state index contributed by atoms with van der Waals surface area (Å²) in [4.78, 5) is 11.3. The molecule has 1 aromatic carbocycles. The van der Waals surface area contributed by atoms with Crippen molar-refractivity contribution in [1.29, 1.82) is 0 Å². The van der Waals surface area contributed by atoms with Gasteiger partial charge in [0, 0.05) is 0 Å². The van der Waals surface area contributed by atoms with Crippen LogP contribution in [0.15, 0.2) is 47.5 Å². The number of ether oxygens (including phenoxy) is 1. The van der Waals surface area contributed by atoms with E-state index >= 15 is 0 Å². The highest BCUT2D eigenvalue weighted by molar-refractivity contribution is 7.89. The standard InChI is InChI=1S/C11H13NO4S/c1-3-16-11(13)9(2)12-17(14,15)10-7-5-4-6-8-10/h4-8,12H,2-3H2,1H3.